The van der Waals surface area contributed by atoms with E-state index >= 15 is 0 Å². The van der Waals surface area contributed by atoms with Gasteiger partial charge in [0.25, 0.3) is 10.4 Å². The van der Waals surface area contributed by atoms with Gasteiger partial charge in [-0.2, -0.15) is 0 Å². The maximum atomic E-state index is 13.2. The van der Waals surface area contributed by atoms with Crippen LogP contribution in [-0.4, -0.2) is 219 Å². The molecule has 6 aliphatic rings. The van der Waals surface area contributed by atoms with Crippen molar-refractivity contribution in [3.05, 3.63) is 100 Å². The van der Waals surface area contributed by atoms with Gasteiger partial charge in [0.15, 0.2) is 0 Å². The minimum absolute atomic E-state index is 0.0175. The van der Waals surface area contributed by atoms with Crippen molar-refractivity contribution in [3.63, 3.8) is 0 Å². The Labute approximate surface area is 834 Å². The highest BCUT2D eigenvalue weighted by Gasteiger charge is 2.54. The van der Waals surface area contributed by atoms with E-state index in [0.717, 1.165) is 121 Å². The van der Waals surface area contributed by atoms with Gasteiger partial charge >= 0.3 is 23.9 Å². The number of ether oxygens (including phenoxy) is 8. The SMILES string of the molecule is C/C(=C\c1csc(C)n1)C1C/C=C\CCCC(C)C(O)C(C)C(=O)C(C)(C)C(O)CC(=O)O1.C/C1=C/CC(/C(C)=C/c2csc(C)n2)OC(=O)CC(O)C(C)(C)C(=O)C(C)C(O)C(C)CCC1.COc1nc(/C=C(\C)C2CC3OC3(C)CCCC(C)C(O)C(C)C(=O)C(C)(C)C(O)CC(=O)O2)cs1.COc1nc(/C=C(\C)C2CC3OC3CCCC(C)C(O)C(C)C(=O)C(C)(C)C(O)CC(=O)O2)cs1. The Morgan fingerprint density at radius 1 is 0.399 bits per heavy atom. The number of esters is 4. The molecule has 0 spiro atoms. The fourth-order valence-electron chi connectivity index (χ4n) is 18.4. The summed E-state index contributed by atoms with van der Waals surface area (Å²) < 4.78 is 45.5. The normalized spacial score (nSPS) is 34.0. The number of ketones is 4. The quantitative estimate of drug-likeness (QED) is 0.0316. The number of aryl methyl sites for hydroxylation is 2. The van der Waals surface area contributed by atoms with E-state index in [1.54, 1.807) is 120 Å². The average molecular weight is 2000 g/mol. The monoisotopic (exact) mass is 2000 g/mol. The number of epoxide rings is 2. The molecule has 32 heteroatoms. The molecule has 0 aliphatic carbocycles. The standard InChI is InChI=1S/C27H41NO7S.C27H41NO5S.C26H39NO7S.C26H39NO5S/c1-15-9-8-10-27(6)21(35-27)12-19(16(2)11-18-14-36-25(28-18)33-7)34-22(30)13-20(29)26(4,5)24(32)17(3)23(15)31;1-16-9-8-10-17(2)25(31)19(4)26(32)27(6,7)23(29)14-24(30)33-22(12-11-16)18(3)13-21-15-34-20(5)28-21;1-14-8-7-9-18-20(33-18)11-19(15(2)10-17-13-35-25(27-17)32-6)34-22(29)12-21(28)26(4,5)24(31)16(3)23(14)30;1-16-11-9-7-8-10-12-21(17(2)13-20-15-33-19(4)27-20)32-23(29)14-22(28)26(5,6)25(31)18(3)24(16)30/h11,14-15,17,19-21,23,29,31H,8-10,12-13H2,1-7H3;11,13,15,17,19,22-23,25,29,31H,8-10,12,14H2,1-7H3;10,13-14,16,18-21,23,28,30H,7-9,11-12H2,1-6H3;8,10,13,15-16,18,21-22,24,28,30H,7,9,11-12,14H2,1-6H3/b16-11+;16-11-,18-13+;15-10+;10-8-,17-13+. The van der Waals surface area contributed by atoms with Crippen LogP contribution in [0, 0.1) is 82.9 Å². The summed E-state index contributed by atoms with van der Waals surface area (Å²) in [5, 5.41) is 97.1. The molecule has 24 atom stereocenters. The topological polar surface area (TPSA) is 430 Å². The van der Waals surface area contributed by atoms with E-state index in [-0.39, 0.29) is 96.4 Å². The predicted molar refractivity (Wildman–Crippen MR) is 539 cm³/mol. The first kappa shape index (κ1) is 118. The molecule has 10 rings (SSSR count). The van der Waals surface area contributed by atoms with Crippen LogP contribution in [-0.2, 0) is 66.8 Å². The van der Waals surface area contributed by atoms with E-state index in [4.69, 9.17) is 37.9 Å². The summed E-state index contributed by atoms with van der Waals surface area (Å²) >= 11 is 5.89. The Morgan fingerprint density at radius 3 is 1.09 bits per heavy atom. The number of aliphatic hydroxyl groups excluding tert-OH is 8. The first-order valence-corrected chi connectivity index (χ1v) is 52.6. The number of rotatable bonds is 10. The summed E-state index contributed by atoms with van der Waals surface area (Å²) in [6.45, 7) is 43.2. The van der Waals surface area contributed by atoms with Crippen molar-refractivity contribution >= 4 is 117 Å². The highest BCUT2D eigenvalue weighted by molar-refractivity contribution is 7.12. The molecule has 772 valence electrons. The zero-order chi connectivity index (χ0) is 103. The fourth-order valence-corrected chi connectivity index (χ4v) is 20.7. The van der Waals surface area contributed by atoms with Crippen LogP contribution in [0.25, 0.3) is 24.3 Å². The number of cyclic esters (lactones) is 4. The second kappa shape index (κ2) is 52.8. The van der Waals surface area contributed by atoms with Gasteiger partial charge in [-0.1, -0.05) is 170 Å². The predicted octanol–water partition coefficient (Wildman–Crippen LogP) is 18.1. The van der Waals surface area contributed by atoms with Gasteiger partial charge in [-0.3, -0.25) is 38.4 Å². The van der Waals surface area contributed by atoms with E-state index < -0.39 is 142 Å². The first-order chi connectivity index (χ1) is 64.5. The summed E-state index contributed by atoms with van der Waals surface area (Å²) in [7, 11) is 3.13. The average Bonchev–Trinajstić information content (AvgIpc) is 1.60. The molecule has 10 heterocycles. The Kier molecular flexibility index (Phi) is 45.0. The lowest BCUT2D eigenvalue weighted by molar-refractivity contribution is -0.156. The third kappa shape index (κ3) is 33.9. The van der Waals surface area contributed by atoms with Gasteiger partial charge in [0.1, 0.15) is 47.5 Å². The number of aromatic nitrogens is 4. The Balaban J connectivity index is 0.000000251. The number of nitrogens with zero attached hydrogens (tertiary/aromatic N) is 4. The van der Waals surface area contributed by atoms with Gasteiger partial charge in [0.2, 0.25) is 0 Å². The molecule has 138 heavy (non-hydrogen) atoms. The largest absolute Gasteiger partial charge is 0.473 e. The zero-order valence-electron chi connectivity index (χ0n) is 86.3. The molecule has 4 aromatic rings. The van der Waals surface area contributed by atoms with Crippen LogP contribution >= 0.6 is 45.3 Å². The second-order valence-electron chi connectivity index (χ2n) is 42.0. The van der Waals surface area contributed by atoms with Gasteiger partial charge in [-0.25, -0.2) is 19.9 Å². The van der Waals surface area contributed by atoms with Gasteiger partial charge in [0, 0.05) is 70.9 Å². The lowest BCUT2D eigenvalue weighted by Gasteiger charge is -2.34. The smallest absolute Gasteiger partial charge is 0.309 e. The van der Waals surface area contributed by atoms with Crippen LogP contribution in [0.4, 0.5) is 0 Å². The number of carbonyl (C=O) groups is 8. The number of allylic oxidation sites excluding steroid dienone is 2. The van der Waals surface area contributed by atoms with Crippen molar-refractivity contribution in [1.82, 2.24) is 19.9 Å². The summed E-state index contributed by atoms with van der Waals surface area (Å²) in [5.74, 6) is -6.14. The fraction of sp³-hybridized carbons (Fsp3) is 0.698. The van der Waals surface area contributed by atoms with Crippen molar-refractivity contribution in [1.29, 1.82) is 0 Å². The summed E-state index contributed by atoms with van der Waals surface area (Å²) in [6.07, 6.45) is 14.4. The van der Waals surface area contributed by atoms with Crippen LogP contribution in [0.5, 0.6) is 10.4 Å². The third-order valence-corrected chi connectivity index (χ3v) is 32.4. The maximum absolute atomic E-state index is 13.2. The van der Waals surface area contributed by atoms with E-state index in [2.05, 4.69) is 45.9 Å². The molecule has 28 nitrogen and oxygen atoms in total. The minimum Gasteiger partial charge on any atom is -0.473 e. The number of aliphatic hydroxyl groups is 8. The van der Waals surface area contributed by atoms with Crippen molar-refractivity contribution in [2.75, 3.05) is 14.2 Å². The van der Waals surface area contributed by atoms with Gasteiger partial charge < -0.3 is 78.7 Å². The summed E-state index contributed by atoms with van der Waals surface area (Å²) in [5.41, 5.74) is 2.53. The van der Waals surface area contributed by atoms with Crippen LogP contribution in [0.2, 0.25) is 0 Å². The maximum Gasteiger partial charge on any atom is 0.309 e. The van der Waals surface area contributed by atoms with Crippen LogP contribution < -0.4 is 9.47 Å². The molecule has 6 aliphatic heterocycles. The summed E-state index contributed by atoms with van der Waals surface area (Å²) in [4.78, 5) is 122. The van der Waals surface area contributed by atoms with Crippen molar-refractivity contribution in [2.24, 2.45) is 69.0 Å². The number of hydrogen-bond acceptors (Lipinski definition) is 32. The Bertz CT molecular complexity index is 4870. The van der Waals surface area contributed by atoms with Crippen LogP contribution in [0.15, 0.2) is 67.6 Å². The number of fused-ring (bicyclic) bond motifs is 2. The van der Waals surface area contributed by atoms with Crippen LogP contribution in [0.3, 0.4) is 0 Å². The third-order valence-electron chi connectivity index (χ3n) is 29.1. The highest BCUT2D eigenvalue weighted by atomic mass is 32.1. The van der Waals surface area contributed by atoms with Gasteiger partial charge in [-0.15, -0.1) is 22.7 Å². The molecular weight excluding hydrogens is 1840 g/mol. The van der Waals surface area contributed by atoms with E-state index in [1.165, 1.54) is 28.2 Å². The molecule has 4 fully saturated rings. The Hall–Kier alpha value is -7.28. The summed E-state index contributed by atoms with van der Waals surface area (Å²) in [6, 6.07) is 0. The number of carbonyl (C=O) groups excluding carboxylic acids is 8. The minimum atomic E-state index is -1.24. The van der Waals surface area contributed by atoms with Crippen molar-refractivity contribution in [3.8, 4) is 10.4 Å². The number of thiazole rings is 4. The molecule has 0 saturated carbocycles. The molecule has 0 amide bonds. The zero-order valence-corrected chi connectivity index (χ0v) is 89.6. The molecule has 0 radical (unpaired) electrons. The van der Waals surface area contributed by atoms with Gasteiger partial charge in [0.05, 0.1) is 167 Å². The molecule has 4 aromatic heterocycles. The van der Waals surface area contributed by atoms with Gasteiger partial charge in [-0.05, 0) is 190 Å². The van der Waals surface area contributed by atoms with Crippen molar-refractivity contribution < 1.29 is 117 Å². The Morgan fingerprint density at radius 2 is 0.725 bits per heavy atom. The molecule has 0 aromatic carbocycles. The number of Topliss-reactive ketones (excluding diaryl/α,β-unsaturated/α-hetero) is 4. The molecule has 8 N–H and O–H groups in total. The van der Waals surface area contributed by atoms with Crippen LogP contribution in [0.1, 0.15) is 314 Å². The molecule has 24 unspecified atom stereocenters. The number of methoxy groups -OCH3 is 2. The number of hydrogen-bond donors (Lipinski definition) is 8. The highest BCUT2D eigenvalue weighted by Crippen LogP contribution is 2.47. The van der Waals surface area contributed by atoms with E-state index in [9.17, 15) is 79.2 Å². The lowest BCUT2D eigenvalue weighted by atomic mass is 9.73. The first-order valence-electron chi connectivity index (χ1n) is 49.1. The molecule has 0 bridgehead atoms. The second-order valence-corrected chi connectivity index (χ2v) is 45.8. The molecule has 4 saturated heterocycles. The van der Waals surface area contributed by atoms with Crippen molar-refractivity contribution in [2.45, 2.75) is 392 Å². The van der Waals surface area contributed by atoms with E-state index in [1.807, 2.05) is 121 Å². The lowest BCUT2D eigenvalue weighted by Crippen LogP contribution is -2.45. The molecular formula is C106H160N4O24S4. The van der Waals surface area contributed by atoms with E-state index in [0.29, 0.717) is 47.5 Å².